The van der Waals surface area contributed by atoms with E-state index in [9.17, 15) is 9.59 Å². The smallest absolute Gasteiger partial charge is 0.303 e. The van der Waals surface area contributed by atoms with Crippen LogP contribution in [0.3, 0.4) is 0 Å². The van der Waals surface area contributed by atoms with Crippen molar-refractivity contribution < 1.29 is 33.3 Å². The van der Waals surface area contributed by atoms with Gasteiger partial charge in [0.15, 0.2) is 24.3 Å². The zero-order valence-corrected chi connectivity index (χ0v) is 13.3. The highest BCUT2D eigenvalue weighted by atomic mass is 16.8. The van der Waals surface area contributed by atoms with Crippen molar-refractivity contribution in [3.8, 4) is 0 Å². The maximum Gasteiger partial charge on any atom is 0.303 e. The van der Waals surface area contributed by atoms with E-state index >= 15 is 0 Å². The summed E-state index contributed by atoms with van der Waals surface area (Å²) in [6.07, 6.45) is -3.12. The molecule has 0 radical (unpaired) electrons. The summed E-state index contributed by atoms with van der Waals surface area (Å²) in [7, 11) is 0. The van der Waals surface area contributed by atoms with Gasteiger partial charge in [-0.2, -0.15) is 0 Å². The number of fused-ring (bicyclic) bond motifs is 1. The van der Waals surface area contributed by atoms with E-state index in [1.54, 1.807) is 13.8 Å². The lowest BCUT2D eigenvalue weighted by Gasteiger charge is -2.28. The van der Waals surface area contributed by atoms with Crippen molar-refractivity contribution in [1.29, 1.82) is 0 Å². The molecule has 128 valence electrons. The van der Waals surface area contributed by atoms with Crippen molar-refractivity contribution in [1.82, 2.24) is 0 Å². The Morgan fingerprint density at radius 1 is 1.30 bits per heavy atom. The van der Waals surface area contributed by atoms with Gasteiger partial charge in [-0.1, -0.05) is 5.11 Å². The topological polar surface area (TPSA) is 129 Å². The van der Waals surface area contributed by atoms with Crippen LogP contribution < -0.4 is 0 Å². The van der Waals surface area contributed by atoms with Gasteiger partial charge < -0.3 is 23.7 Å². The highest BCUT2D eigenvalue weighted by molar-refractivity contribution is 5.66. The number of nitrogens with zero attached hydrogens (tertiary/aromatic N) is 3. The standard InChI is InChI=1S/C13H19N3O7/c1-6(17)19-5-8(15-16-14)9-10(20-7(2)18)11-12(21-9)23-13(3,4)22-11/h8-12H,5H2,1-4H3/t8-,9+,10+,11+,12+/m0/s1. The number of carbonyl (C=O) groups is 2. The van der Waals surface area contributed by atoms with Gasteiger partial charge in [0.2, 0.25) is 0 Å². The van der Waals surface area contributed by atoms with Crippen LogP contribution in [0.1, 0.15) is 27.7 Å². The molecule has 2 heterocycles. The third-order valence-corrected chi connectivity index (χ3v) is 3.37. The number of azide groups is 1. The van der Waals surface area contributed by atoms with Gasteiger partial charge in [-0.25, -0.2) is 0 Å². The molecular weight excluding hydrogens is 310 g/mol. The third-order valence-electron chi connectivity index (χ3n) is 3.37. The Labute approximate surface area is 132 Å². The Hall–Kier alpha value is -1.87. The molecule has 10 nitrogen and oxygen atoms in total. The summed E-state index contributed by atoms with van der Waals surface area (Å²) in [6, 6.07) is -0.880. The average Bonchev–Trinajstić information content (AvgIpc) is 2.87. The molecule has 2 rings (SSSR count). The Balaban J connectivity index is 2.19. The first-order valence-corrected chi connectivity index (χ1v) is 7.09. The van der Waals surface area contributed by atoms with E-state index in [1.165, 1.54) is 13.8 Å². The molecule has 0 amide bonds. The highest BCUT2D eigenvalue weighted by Gasteiger charge is 2.58. The molecule has 2 aliphatic rings. The van der Waals surface area contributed by atoms with Crippen molar-refractivity contribution >= 4 is 11.9 Å². The van der Waals surface area contributed by atoms with Gasteiger partial charge in [-0.15, -0.1) is 0 Å². The molecule has 0 unspecified atom stereocenters. The molecule has 0 aromatic rings. The quantitative estimate of drug-likeness (QED) is 0.319. The summed E-state index contributed by atoms with van der Waals surface area (Å²) >= 11 is 0. The first-order chi connectivity index (χ1) is 10.7. The van der Waals surface area contributed by atoms with E-state index in [4.69, 9.17) is 29.2 Å². The van der Waals surface area contributed by atoms with Crippen molar-refractivity contribution in [2.45, 2.75) is 64.1 Å². The lowest BCUT2D eigenvalue weighted by Crippen LogP contribution is -2.44. The first kappa shape index (κ1) is 17.5. The van der Waals surface area contributed by atoms with Crippen molar-refractivity contribution in [2.24, 2.45) is 5.11 Å². The van der Waals surface area contributed by atoms with Gasteiger partial charge in [0, 0.05) is 18.8 Å². The second kappa shape index (κ2) is 6.71. The number of hydrogen-bond donors (Lipinski definition) is 0. The van der Waals surface area contributed by atoms with Gasteiger partial charge in [0.05, 0.1) is 0 Å². The normalized spacial score (nSPS) is 32.5. The largest absolute Gasteiger partial charge is 0.465 e. The molecule has 0 spiro atoms. The van der Waals surface area contributed by atoms with Crippen LogP contribution >= 0.6 is 0 Å². The molecule has 2 saturated heterocycles. The summed E-state index contributed by atoms with van der Waals surface area (Å²) < 4.78 is 27.1. The van der Waals surface area contributed by atoms with Crippen LogP contribution in [0.5, 0.6) is 0 Å². The minimum Gasteiger partial charge on any atom is -0.465 e. The molecule has 0 aliphatic carbocycles. The number of esters is 2. The number of carbonyl (C=O) groups excluding carboxylic acids is 2. The van der Waals surface area contributed by atoms with Crippen molar-refractivity contribution in [2.75, 3.05) is 6.61 Å². The summed E-state index contributed by atoms with van der Waals surface area (Å²) in [5.41, 5.74) is 8.71. The molecule has 0 saturated carbocycles. The van der Waals surface area contributed by atoms with E-state index in [1.807, 2.05) is 0 Å². The maximum atomic E-state index is 11.4. The molecule has 10 heteroatoms. The molecule has 0 bridgehead atoms. The maximum absolute atomic E-state index is 11.4. The molecule has 0 aromatic carbocycles. The molecule has 0 N–H and O–H groups in total. The van der Waals surface area contributed by atoms with Crippen LogP contribution in [0.4, 0.5) is 0 Å². The van der Waals surface area contributed by atoms with E-state index in [0.29, 0.717) is 0 Å². The predicted octanol–water partition coefficient (Wildman–Crippen LogP) is 1.04. The zero-order chi connectivity index (χ0) is 17.2. The summed E-state index contributed by atoms with van der Waals surface area (Å²) in [4.78, 5) is 25.1. The third kappa shape index (κ3) is 4.11. The molecule has 2 fully saturated rings. The van der Waals surface area contributed by atoms with Crippen molar-refractivity contribution in [3.05, 3.63) is 10.4 Å². The van der Waals surface area contributed by atoms with E-state index in [-0.39, 0.29) is 6.61 Å². The molecule has 2 aliphatic heterocycles. The van der Waals surface area contributed by atoms with Gasteiger partial charge in [-0.05, 0) is 19.4 Å². The van der Waals surface area contributed by atoms with Crippen LogP contribution in [0.25, 0.3) is 10.4 Å². The molecule has 0 aromatic heterocycles. The van der Waals surface area contributed by atoms with Gasteiger partial charge in [0.25, 0.3) is 0 Å². The lowest BCUT2D eigenvalue weighted by atomic mass is 10.0. The lowest BCUT2D eigenvalue weighted by molar-refractivity contribution is -0.221. The SMILES string of the molecule is CC(=O)OC[C@H](N=[N+]=[N-])[C@H]1O[C@@H]2OC(C)(C)O[C@@H]2[C@@H]1OC(C)=O. The van der Waals surface area contributed by atoms with E-state index < -0.39 is 48.4 Å². The van der Waals surface area contributed by atoms with Crippen molar-refractivity contribution in [3.63, 3.8) is 0 Å². The van der Waals surface area contributed by atoms with Crippen LogP contribution in [0, 0.1) is 0 Å². The minimum absolute atomic E-state index is 0.204. The predicted molar refractivity (Wildman–Crippen MR) is 73.8 cm³/mol. The number of rotatable bonds is 5. The monoisotopic (exact) mass is 329 g/mol. The second-order valence-electron chi connectivity index (χ2n) is 5.72. The summed E-state index contributed by atoms with van der Waals surface area (Å²) in [5.74, 6) is -1.95. The van der Waals surface area contributed by atoms with Crippen LogP contribution in [-0.2, 0) is 33.3 Å². The van der Waals surface area contributed by atoms with E-state index in [2.05, 4.69) is 10.0 Å². The Bertz CT molecular complexity index is 532. The van der Waals surface area contributed by atoms with Gasteiger partial charge >= 0.3 is 11.9 Å². The first-order valence-electron chi connectivity index (χ1n) is 7.09. The minimum atomic E-state index is -0.886. The summed E-state index contributed by atoms with van der Waals surface area (Å²) in [5, 5.41) is 3.58. The molecule has 23 heavy (non-hydrogen) atoms. The Morgan fingerprint density at radius 3 is 2.57 bits per heavy atom. The zero-order valence-electron chi connectivity index (χ0n) is 13.3. The van der Waals surface area contributed by atoms with Crippen LogP contribution in [0.2, 0.25) is 0 Å². The summed E-state index contributed by atoms with van der Waals surface area (Å²) in [6.45, 7) is 5.69. The van der Waals surface area contributed by atoms with Gasteiger partial charge in [-0.3, -0.25) is 9.59 Å². The van der Waals surface area contributed by atoms with E-state index in [0.717, 1.165) is 0 Å². The Morgan fingerprint density at radius 2 is 2.00 bits per heavy atom. The number of ether oxygens (including phenoxy) is 5. The molecule has 5 atom stereocenters. The average molecular weight is 329 g/mol. The van der Waals surface area contributed by atoms with Crippen LogP contribution in [-0.4, -0.2) is 55.0 Å². The fourth-order valence-electron chi connectivity index (χ4n) is 2.60. The highest BCUT2D eigenvalue weighted by Crippen LogP contribution is 2.40. The number of hydrogen-bond acceptors (Lipinski definition) is 8. The Kier molecular flexibility index (Phi) is 5.10. The fraction of sp³-hybridized carbons (Fsp3) is 0.846. The van der Waals surface area contributed by atoms with Crippen LogP contribution in [0.15, 0.2) is 5.11 Å². The second-order valence-corrected chi connectivity index (χ2v) is 5.72. The molecular formula is C13H19N3O7. The van der Waals surface area contributed by atoms with Gasteiger partial charge in [0.1, 0.15) is 18.8 Å². The fourth-order valence-corrected chi connectivity index (χ4v) is 2.60.